The first-order valence-electron chi connectivity index (χ1n) is 3.58. The predicted octanol–water partition coefficient (Wildman–Crippen LogP) is -0.0101. The third-order valence-electron chi connectivity index (χ3n) is 1.65. The number of primary amides is 1. The Labute approximate surface area is 79.2 Å². The van der Waals surface area contributed by atoms with E-state index in [4.69, 9.17) is 16.9 Å². The maximum Gasteiger partial charge on any atom is 0.267 e. The van der Waals surface area contributed by atoms with Gasteiger partial charge in [0.25, 0.3) is 5.92 Å². The number of nitrogens with two attached hydrogens (primary N) is 1. The fourth-order valence-corrected chi connectivity index (χ4v) is 1.03. The number of carbonyl (C=O) groups is 1. The standard InChI is InChI=1S/C6H11ClF2N2O2/c1-2-6(8,9)4(11-7)3(12)5(10)13/h3-4,11-12H,2H2,1H3,(H2,10,13). The number of rotatable bonds is 5. The fourth-order valence-electron chi connectivity index (χ4n) is 0.755. The van der Waals surface area contributed by atoms with Crippen molar-refractivity contribution in [1.29, 1.82) is 0 Å². The van der Waals surface area contributed by atoms with Crippen LogP contribution in [0.4, 0.5) is 8.78 Å². The molecule has 0 aromatic rings. The van der Waals surface area contributed by atoms with Gasteiger partial charge in [-0.15, -0.1) is 0 Å². The lowest BCUT2D eigenvalue weighted by Crippen LogP contribution is -2.54. The van der Waals surface area contributed by atoms with Gasteiger partial charge in [0.1, 0.15) is 6.04 Å². The predicted molar refractivity (Wildman–Crippen MR) is 43.2 cm³/mol. The Hall–Kier alpha value is -0.460. The topological polar surface area (TPSA) is 75.3 Å². The SMILES string of the molecule is CCC(F)(F)C(NCl)C(O)C(N)=O. The second kappa shape index (κ2) is 4.69. The molecule has 1 amide bonds. The maximum atomic E-state index is 12.9. The van der Waals surface area contributed by atoms with Gasteiger partial charge < -0.3 is 10.8 Å². The molecule has 0 aromatic heterocycles. The molecule has 0 heterocycles. The fraction of sp³-hybridized carbons (Fsp3) is 0.833. The van der Waals surface area contributed by atoms with E-state index in [0.29, 0.717) is 0 Å². The zero-order valence-corrected chi connectivity index (χ0v) is 7.68. The van der Waals surface area contributed by atoms with Crippen molar-refractivity contribution in [3.05, 3.63) is 0 Å². The van der Waals surface area contributed by atoms with E-state index in [1.807, 2.05) is 0 Å². The average molecular weight is 217 g/mol. The van der Waals surface area contributed by atoms with Gasteiger partial charge in [-0.2, -0.15) is 0 Å². The second-order valence-corrected chi connectivity index (χ2v) is 2.77. The number of halogens is 3. The molecule has 0 aliphatic carbocycles. The van der Waals surface area contributed by atoms with Crippen molar-refractivity contribution in [3.8, 4) is 0 Å². The molecule has 0 aliphatic rings. The molecule has 4 N–H and O–H groups in total. The molecule has 0 fully saturated rings. The summed E-state index contributed by atoms with van der Waals surface area (Å²) in [5, 5.41) is 8.95. The highest BCUT2D eigenvalue weighted by Gasteiger charge is 2.44. The molecule has 0 radical (unpaired) electrons. The molecule has 78 valence electrons. The number of alkyl halides is 2. The highest BCUT2D eigenvalue weighted by atomic mass is 35.5. The number of hydrogen-bond donors (Lipinski definition) is 3. The van der Waals surface area contributed by atoms with Crippen molar-refractivity contribution >= 4 is 17.7 Å². The van der Waals surface area contributed by atoms with Crippen LogP contribution < -0.4 is 10.6 Å². The van der Waals surface area contributed by atoms with Crippen LogP contribution >= 0.6 is 11.8 Å². The molecule has 0 bridgehead atoms. The Morgan fingerprint density at radius 2 is 2.23 bits per heavy atom. The number of nitrogens with one attached hydrogen (secondary N) is 1. The maximum absolute atomic E-state index is 12.9. The lowest BCUT2D eigenvalue weighted by molar-refractivity contribution is -0.135. The summed E-state index contributed by atoms with van der Waals surface area (Å²) in [6.45, 7) is 1.20. The van der Waals surface area contributed by atoms with E-state index in [1.54, 1.807) is 4.84 Å². The first-order chi connectivity index (χ1) is 5.86. The van der Waals surface area contributed by atoms with Crippen LogP contribution in [-0.4, -0.2) is 29.1 Å². The van der Waals surface area contributed by atoms with E-state index in [2.05, 4.69) is 5.73 Å². The summed E-state index contributed by atoms with van der Waals surface area (Å²) in [7, 11) is 0. The number of aliphatic hydroxyl groups is 1. The van der Waals surface area contributed by atoms with Crippen LogP contribution in [0, 0.1) is 0 Å². The Kier molecular flexibility index (Phi) is 4.52. The van der Waals surface area contributed by atoms with Crippen molar-refractivity contribution in [3.63, 3.8) is 0 Å². The van der Waals surface area contributed by atoms with Crippen molar-refractivity contribution in [1.82, 2.24) is 4.84 Å². The zero-order valence-electron chi connectivity index (χ0n) is 6.93. The molecule has 0 saturated carbocycles. The van der Waals surface area contributed by atoms with Crippen LogP contribution in [-0.2, 0) is 4.79 Å². The molecule has 0 aliphatic heterocycles. The quantitative estimate of drug-likeness (QED) is 0.566. The van der Waals surface area contributed by atoms with Gasteiger partial charge in [0.05, 0.1) is 0 Å². The molecule has 0 rings (SSSR count). The minimum Gasteiger partial charge on any atom is -0.381 e. The van der Waals surface area contributed by atoms with Gasteiger partial charge in [-0.05, 0) is 11.8 Å². The Balaban J connectivity index is 4.59. The molecule has 7 heteroatoms. The number of carbonyl (C=O) groups excluding carboxylic acids is 1. The molecule has 13 heavy (non-hydrogen) atoms. The Morgan fingerprint density at radius 1 is 1.77 bits per heavy atom. The summed E-state index contributed by atoms with van der Waals surface area (Å²) in [5.74, 6) is -4.53. The van der Waals surface area contributed by atoms with Gasteiger partial charge in [-0.25, -0.2) is 13.6 Å². The lowest BCUT2D eigenvalue weighted by Gasteiger charge is -2.26. The summed E-state index contributed by atoms with van der Waals surface area (Å²) in [4.78, 5) is 12.0. The highest BCUT2D eigenvalue weighted by molar-refractivity contribution is 6.13. The molecule has 2 atom stereocenters. The number of aliphatic hydroxyl groups excluding tert-OH is 1. The van der Waals surface area contributed by atoms with E-state index < -0.39 is 30.4 Å². The van der Waals surface area contributed by atoms with Crippen molar-refractivity contribution in [2.45, 2.75) is 31.4 Å². The van der Waals surface area contributed by atoms with Crippen LogP contribution in [0.3, 0.4) is 0 Å². The average Bonchev–Trinajstić information content (AvgIpc) is 2.05. The lowest BCUT2D eigenvalue weighted by atomic mass is 10.0. The van der Waals surface area contributed by atoms with Crippen LogP contribution in [0.2, 0.25) is 0 Å². The van der Waals surface area contributed by atoms with E-state index in [0.717, 1.165) is 0 Å². The first-order valence-corrected chi connectivity index (χ1v) is 3.96. The largest absolute Gasteiger partial charge is 0.381 e. The smallest absolute Gasteiger partial charge is 0.267 e. The van der Waals surface area contributed by atoms with Crippen molar-refractivity contribution < 1.29 is 18.7 Å². The molecule has 0 saturated heterocycles. The van der Waals surface area contributed by atoms with Crippen molar-refractivity contribution in [2.75, 3.05) is 0 Å². The van der Waals surface area contributed by atoms with Crippen LogP contribution in [0.1, 0.15) is 13.3 Å². The van der Waals surface area contributed by atoms with Gasteiger partial charge in [0.15, 0.2) is 6.10 Å². The molecular weight excluding hydrogens is 206 g/mol. The molecule has 2 unspecified atom stereocenters. The zero-order chi connectivity index (χ0) is 10.6. The van der Waals surface area contributed by atoms with Gasteiger partial charge in [0.2, 0.25) is 5.91 Å². The molecular formula is C6H11ClF2N2O2. The summed E-state index contributed by atoms with van der Waals surface area (Å²) in [6, 6.07) is -1.86. The minimum absolute atomic E-state index is 0.554. The first kappa shape index (κ1) is 12.5. The van der Waals surface area contributed by atoms with E-state index in [1.165, 1.54) is 6.92 Å². The summed E-state index contributed by atoms with van der Waals surface area (Å²) >= 11 is 4.97. The number of hydrogen-bond acceptors (Lipinski definition) is 3. The summed E-state index contributed by atoms with van der Waals surface area (Å²) in [6.07, 6.45) is -2.56. The monoisotopic (exact) mass is 216 g/mol. The minimum atomic E-state index is -3.28. The van der Waals surface area contributed by atoms with E-state index >= 15 is 0 Å². The summed E-state index contributed by atoms with van der Waals surface area (Å²) in [5.41, 5.74) is 4.64. The third-order valence-corrected chi connectivity index (χ3v) is 1.89. The van der Waals surface area contributed by atoms with Crippen molar-refractivity contribution in [2.24, 2.45) is 5.73 Å². The van der Waals surface area contributed by atoms with Gasteiger partial charge in [-0.3, -0.25) is 4.79 Å². The Bertz CT molecular complexity index is 191. The van der Waals surface area contributed by atoms with Crippen LogP contribution in [0.25, 0.3) is 0 Å². The molecule has 4 nitrogen and oxygen atoms in total. The van der Waals surface area contributed by atoms with Gasteiger partial charge in [0, 0.05) is 6.42 Å². The highest BCUT2D eigenvalue weighted by Crippen LogP contribution is 2.25. The van der Waals surface area contributed by atoms with E-state index in [9.17, 15) is 13.6 Å². The Morgan fingerprint density at radius 3 is 2.46 bits per heavy atom. The normalized spacial score (nSPS) is 16.7. The number of amides is 1. The van der Waals surface area contributed by atoms with Crippen LogP contribution in [0.5, 0.6) is 0 Å². The molecule has 0 aromatic carbocycles. The van der Waals surface area contributed by atoms with Gasteiger partial charge >= 0.3 is 0 Å². The van der Waals surface area contributed by atoms with Crippen LogP contribution in [0.15, 0.2) is 0 Å². The molecule has 0 spiro atoms. The third kappa shape index (κ3) is 3.06. The van der Waals surface area contributed by atoms with Gasteiger partial charge in [-0.1, -0.05) is 6.92 Å². The summed E-state index contributed by atoms with van der Waals surface area (Å²) < 4.78 is 25.8. The second-order valence-electron chi connectivity index (χ2n) is 2.55. The van der Waals surface area contributed by atoms with E-state index in [-0.39, 0.29) is 0 Å².